The van der Waals surface area contributed by atoms with Gasteiger partial charge in [0, 0.05) is 30.0 Å². The summed E-state index contributed by atoms with van der Waals surface area (Å²) in [5.41, 5.74) is 3.41. The van der Waals surface area contributed by atoms with Crippen LogP contribution in [0.5, 0.6) is 0 Å². The summed E-state index contributed by atoms with van der Waals surface area (Å²) in [6, 6.07) is 5.97. The quantitative estimate of drug-likeness (QED) is 0.647. The largest absolute Gasteiger partial charge is 0.459 e. The van der Waals surface area contributed by atoms with E-state index in [1.165, 1.54) is 0 Å². The van der Waals surface area contributed by atoms with Gasteiger partial charge < -0.3 is 8.83 Å². The molecule has 0 aliphatic heterocycles. The van der Waals surface area contributed by atoms with Crippen molar-refractivity contribution in [2.24, 2.45) is 0 Å². The minimum absolute atomic E-state index is 0.372. The molecule has 0 aromatic carbocycles. The van der Waals surface area contributed by atoms with Crippen LogP contribution in [0.4, 0.5) is 0 Å². The van der Waals surface area contributed by atoms with Gasteiger partial charge in [-0.2, -0.15) is 0 Å². The fourth-order valence-corrected chi connectivity index (χ4v) is 2.03. The minimum Gasteiger partial charge on any atom is -0.459 e. The average Bonchev–Trinajstić information content (AvgIpc) is 2.87. The van der Waals surface area contributed by atoms with E-state index in [0.29, 0.717) is 11.8 Å². The molecule has 3 aromatic heterocycles. The van der Waals surface area contributed by atoms with Crippen molar-refractivity contribution >= 4 is 22.2 Å². The highest BCUT2D eigenvalue weighted by Crippen LogP contribution is 2.29. The van der Waals surface area contributed by atoms with E-state index in [4.69, 9.17) is 8.83 Å². The van der Waals surface area contributed by atoms with E-state index in [-0.39, 0.29) is 0 Å². The molecule has 18 heavy (non-hydrogen) atoms. The Morgan fingerprint density at radius 3 is 1.61 bits per heavy atom. The van der Waals surface area contributed by atoms with Gasteiger partial charge in [0.25, 0.3) is 0 Å². The first-order valence-electron chi connectivity index (χ1n) is 6.38. The summed E-state index contributed by atoms with van der Waals surface area (Å²) in [5, 5.41) is 0. The maximum Gasteiger partial charge on any atom is 0.156 e. The third kappa shape index (κ3) is 1.70. The van der Waals surface area contributed by atoms with Gasteiger partial charge in [0.05, 0.1) is 0 Å². The summed E-state index contributed by atoms with van der Waals surface area (Å²) >= 11 is 0. The predicted octanol–water partition coefficient (Wildman–Crippen LogP) is 4.82. The van der Waals surface area contributed by atoms with Gasteiger partial charge in [-0.1, -0.05) is 27.7 Å². The monoisotopic (exact) mass is 243 g/mol. The number of hydrogen-bond acceptors (Lipinski definition) is 3. The minimum atomic E-state index is 0.372. The molecule has 94 valence electrons. The molecule has 3 heterocycles. The molecule has 3 aromatic rings. The van der Waals surface area contributed by atoms with Crippen LogP contribution in [0.15, 0.2) is 27.0 Å². The highest BCUT2D eigenvalue weighted by Gasteiger charge is 2.13. The number of pyridine rings is 1. The van der Waals surface area contributed by atoms with E-state index in [1.54, 1.807) is 0 Å². The molecule has 0 amide bonds. The van der Waals surface area contributed by atoms with Crippen LogP contribution in [0.1, 0.15) is 51.1 Å². The van der Waals surface area contributed by atoms with Gasteiger partial charge in [-0.15, -0.1) is 0 Å². The highest BCUT2D eigenvalue weighted by atomic mass is 16.3. The standard InChI is InChI=1S/C15H17NO2/c1-8(2)12-5-10-14(17-12)7-15-11(16-10)6-13(18-15)9(3)4/h5-9H,1-4H3. The maximum atomic E-state index is 5.78. The highest BCUT2D eigenvalue weighted by molar-refractivity contribution is 5.87. The van der Waals surface area contributed by atoms with Gasteiger partial charge in [-0.3, -0.25) is 0 Å². The van der Waals surface area contributed by atoms with E-state index in [0.717, 1.165) is 33.7 Å². The van der Waals surface area contributed by atoms with Crippen molar-refractivity contribution in [2.45, 2.75) is 39.5 Å². The molecule has 0 atom stereocenters. The van der Waals surface area contributed by atoms with Gasteiger partial charge in [0.2, 0.25) is 0 Å². The summed E-state index contributed by atoms with van der Waals surface area (Å²) < 4.78 is 11.6. The first-order valence-corrected chi connectivity index (χ1v) is 6.38. The van der Waals surface area contributed by atoms with Crippen LogP contribution >= 0.6 is 0 Å². The SMILES string of the molecule is CC(C)c1cc2nc3cc(C(C)C)oc3cc2o1. The molecule has 0 fully saturated rings. The normalized spacial score (nSPS) is 12.3. The summed E-state index contributed by atoms with van der Waals surface area (Å²) in [5.74, 6) is 2.68. The Morgan fingerprint density at radius 2 is 1.22 bits per heavy atom. The van der Waals surface area contributed by atoms with E-state index < -0.39 is 0 Å². The Labute approximate surface area is 106 Å². The second-order valence-corrected chi connectivity index (χ2v) is 5.36. The molecule has 0 aliphatic rings. The lowest BCUT2D eigenvalue weighted by molar-refractivity contribution is 0.513. The molecular formula is C15H17NO2. The van der Waals surface area contributed by atoms with Gasteiger partial charge >= 0.3 is 0 Å². The number of hydrogen-bond donors (Lipinski definition) is 0. The Bertz CT molecular complexity index is 595. The molecule has 3 heteroatoms. The molecule has 0 radical (unpaired) electrons. The van der Waals surface area contributed by atoms with Crippen LogP contribution in [0, 0.1) is 0 Å². The zero-order valence-electron chi connectivity index (χ0n) is 11.2. The second kappa shape index (κ2) is 3.87. The van der Waals surface area contributed by atoms with Crippen LogP contribution < -0.4 is 0 Å². The number of furan rings is 2. The summed E-state index contributed by atoms with van der Waals surface area (Å²) in [6.45, 7) is 8.44. The number of rotatable bonds is 2. The third-order valence-corrected chi connectivity index (χ3v) is 3.16. The Hall–Kier alpha value is -1.77. The van der Waals surface area contributed by atoms with Gasteiger partial charge in [0.1, 0.15) is 22.6 Å². The Balaban J connectivity index is 2.21. The van der Waals surface area contributed by atoms with Gasteiger partial charge in [-0.25, -0.2) is 4.98 Å². The zero-order chi connectivity index (χ0) is 12.9. The molecule has 3 nitrogen and oxygen atoms in total. The molecule has 0 bridgehead atoms. The van der Waals surface area contributed by atoms with Crippen LogP contribution in [0.3, 0.4) is 0 Å². The van der Waals surface area contributed by atoms with Crippen molar-refractivity contribution in [1.82, 2.24) is 4.98 Å². The summed E-state index contributed by atoms with van der Waals surface area (Å²) in [6.07, 6.45) is 0. The van der Waals surface area contributed by atoms with E-state index in [9.17, 15) is 0 Å². The van der Waals surface area contributed by atoms with E-state index >= 15 is 0 Å². The molecule has 0 unspecified atom stereocenters. The maximum absolute atomic E-state index is 5.78. The lowest BCUT2D eigenvalue weighted by Gasteiger charge is -1.96. The lowest BCUT2D eigenvalue weighted by atomic mass is 10.1. The van der Waals surface area contributed by atoms with E-state index in [2.05, 4.69) is 32.7 Å². The molecular weight excluding hydrogens is 226 g/mol. The molecule has 3 rings (SSSR count). The smallest absolute Gasteiger partial charge is 0.156 e. The average molecular weight is 243 g/mol. The van der Waals surface area contributed by atoms with Crippen molar-refractivity contribution in [1.29, 1.82) is 0 Å². The van der Waals surface area contributed by atoms with E-state index in [1.807, 2.05) is 18.2 Å². The number of aromatic nitrogens is 1. The first-order chi connectivity index (χ1) is 8.54. The van der Waals surface area contributed by atoms with Gasteiger partial charge in [-0.05, 0) is 0 Å². The zero-order valence-corrected chi connectivity index (χ0v) is 11.2. The molecule has 0 aliphatic carbocycles. The summed E-state index contributed by atoms with van der Waals surface area (Å²) in [7, 11) is 0. The third-order valence-electron chi connectivity index (χ3n) is 3.16. The van der Waals surface area contributed by atoms with Crippen molar-refractivity contribution in [3.63, 3.8) is 0 Å². The number of fused-ring (bicyclic) bond motifs is 2. The first kappa shape index (κ1) is 11.3. The summed E-state index contributed by atoms with van der Waals surface area (Å²) in [4.78, 5) is 4.60. The van der Waals surface area contributed by atoms with Crippen LogP contribution in [-0.2, 0) is 0 Å². The molecule has 0 spiro atoms. The Morgan fingerprint density at radius 1 is 0.778 bits per heavy atom. The predicted molar refractivity (Wildman–Crippen MR) is 72.0 cm³/mol. The molecule has 0 saturated carbocycles. The topological polar surface area (TPSA) is 39.2 Å². The van der Waals surface area contributed by atoms with Crippen molar-refractivity contribution in [2.75, 3.05) is 0 Å². The van der Waals surface area contributed by atoms with Crippen LogP contribution in [0.2, 0.25) is 0 Å². The second-order valence-electron chi connectivity index (χ2n) is 5.36. The number of nitrogens with zero attached hydrogens (tertiary/aromatic N) is 1. The van der Waals surface area contributed by atoms with Crippen LogP contribution in [0.25, 0.3) is 22.2 Å². The fourth-order valence-electron chi connectivity index (χ4n) is 2.03. The lowest BCUT2D eigenvalue weighted by Crippen LogP contribution is -1.80. The van der Waals surface area contributed by atoms with Crippen molar-refractivity contribution in [3.05, 3.63) is 29.7 Å². The fraction of sp³-hybridized carbons (Fsp3) is 0.400. The van der Waals surface area contributed by atoms with Crippen LogP contribution in [-0.4, -0.2) is 4.98 Å². The van der Waals surface area contributed by atoms with Crippen molar-refractivity contribution in [3.8, 4) is 0 Å². The molecule has 0 N–H and O–H groups in total. The Kier molecular flexibility index (Phi) is 2.44. The van der Waals surface area contributed by atoms with Crippen molar-refractivity contribution < 1.29 is 8.83 Å². The van der Waals surface area contributed by atoms with Gasteiger partial charge in [0.15, 0.2) is 11.2 Å². The molecule has 0 saturated heterocycles.